The van der Waals surface area contributed by atoms with Gasteiger partial charge in [-0.1, -0.05) is 55.5 Å². The van der Waals surface area contributed by atoms with Gasteiger partial charge in [-0.2, -0.15) is 0 Å². The molecule has 1 aliphatic heterocycles. The number of carbonyl (C=O) groups is 1. The van der Waals surface area contributed by atoms with Crippen LogP contribution in [-0.4, -0.2) is 72.9 Å². The third kappa shape index (κ3) is 5.21. The van der Waals surface area contributed by atoms with Crippen molar-refractivity contribution in [2.45, 2.75) is 44.1 Å². The Hall–Kier alpha value is -2.63. The van der Waals surface area contributed by atoms with Crippen LogP contribution in [0.5, 0.6) is 0 Å². The summed E-state index contributed by atoms with van der Waals surface area (Å²) in [7, 11) is 6.37. The molecule has 1 atom stereocenters. The van der Waals surface area contributed by atoms with E-state index >= 15 is 0 Å². The summed E-state index contributed by atoms with van der Waals surface area (Å²) in [6.07, 6.45) is 5.90. The van der Waals surface area contributed by atoms with Crippen LogP contribution in [0.25, 0.3) is 10.9 Å². The number of hydrogen-bond donors (Lipinski definition) is 1. The van der Waals surface area contributed by atoms with Gasteiger partial charge in [0.25, 0.3) is 0 Å². The molecule has 1 saturated heterocycles. The predicted octanol–water partition coefficient (Wildman–Crippen LogP) is 5.06. The van der Waals surface area contributed by atoms with Gasteiger partial charge in [0.2, 0.25) is 5.91 Å². The minimum atomic E-state index is 0.128. The van der Waals surface area contributed by atoms with Gasteiger partial charge in [0.1, 0.15) is 0 Å². The van der Waals surface area contributed by atoms with Crippen LogP contribution in [0.4, 0.5) is 0 Å². The van der Waals surface area contributed by atoms with Crippen molar-refractivity contribution in [1.82, 2.24) is 19.7 Å². The SMILES string of the molecule is CC(CC(=O)N(C)CCCN1CCC(c2ccccc2)(N(C)C)CC1)c1c[nH]c2ccccc12. The Bertz CT molecular complexity index is 1070. The number of piperidine rings is 1. The number of nitrogens with zero attached hydrogens (tertiary/aromatic N) is 3. The highest BCUT2D eigenvalue weighted by Crippen LogP contribution is 2.37. The molecule has 4 rings (SSSR count). The van der Waals surface area contributed by atoms with Crippen LogP contribution in [0.15, 0.2) is 60.8 Å². The van der Waals surface area contributed by atoms with Crippen molar-refractivity contribution in [2.75, 3.05) is 47.3 Å². The first kappa shape index (κ1) is 24.5. The second-order valence-electron chi connectivity index (χ2n) is 10.2. The van der Waals surface area contributed by atoms with Crippen LogP contribution in [0.1, 0.15) is 49.7 Å². The topological polar surface area (TPSA) is 42.6 Å². The quantitative estimate of drug-likeness (QED) is 0.485. The van der Waals surface area contributed by atoms with Crippen LogP contribution in [0.2, 0.25) is 0 Å². The number of aromatic amines is 1. The van der Waals surface area contributed by atoms with Crippen molar-refractivity contribution in [3.63, 3.8) is 0 Å². The van der Waals surface area contributed by atoms with Crippen molar-refractivity contribution >= 4 is 16.8 Å². The number of rotatable bonds is 9. The zero-order valence-electron chi connectivity index (χ0n) is 21.3. The molecule has 5 heteroatoms. The molecule has 182 valence electrons. The summed E-state index contributed by atoms with van der Waals surface area (Å²) in [5.74, 6) is 0.428. The lowest BCUT2D eigenvalue weighted by molar-refractivity contribution is -0.130. The van der Waals surface area contributed by atoms with E-state index in [4.69, 9.17) is 0 Å². The third-order valence-electron chi connectivity index (χ3n) is 7.88. The second kappa shape index (κ2) is 10.7. The molecule has 0 spiro atoms. The first-order valence-corrected chi connectivity index (χ1v) is 12.7. The molecule has 0 saturated carbocycles. The molecule has 1 fully saturated rings. The molecule has 1 amide bonds. The van der Waals surface area contributed by atoms with Crippen molar-refractivity contribution in [1.29, 1.82) is 0 Å². The highest BCUT2D eigenvalue weighted by Gasteiger charge is 2.37. The predicted molar refractivity (Wildman–Crippen MR) is 141 cm³/mol. The second-order valence-corrected chi connectivity index (χ2v) is 10.2. The van der Waals surface area contributed by atoms with Crippen LogP contribution < -0.4 is 0 Å². The maximum absolute atomic E-state index is 12.9. The standard InChI is InChI=1S/C29H40N4O/c1-23(26-22-30-27-14-9-8-13-25(26)27)21-28(34)32(4)17-10-18-33-19-15-29(16-20-33,31(2)3)24-11-6-5-7-12-24/h5-9,11-14,22-23,30H,10,15-21H2,1-4H3. The average Bonchev–Trinajstić information content (AvgIpc) is 3.29. The van der Waals surface area contributed by atoms with E-state index in [-0.39, 0.29) is 17.4 Å². The Morgan fingerprint density at radius 3 is 2.41 bits per heavy atom. The Morgan fingerprint density at radius 1 is 1.03 bits per heavy atom. The molecule has 0 aliphatic carbocycles. The fraction of sp³-hybridized carbons (Fsp3) is 0.483. The van der Waals surface area contributed by atoms with Gasteiger partial charge in [-0.3, -0.25) is 9.69 Å². The van der Waals surface area contributed by atoms with E-state index in [0.29, 0.717) is 6.42 Å². The summed E-state index contributed by atoms with van der Waals surface area (Å²) in [5.41, 5.74) is 3.92. The molecule has 5 nitrogen and oxygen atoms in total. The molecule has 2 heterocycles. The van der Waals surface area contributed by atoms with Crippen molar-refractivity contribution < 1.29 is 4.79 Å². The molecule has 1 aliphatic rings. The lowest BCUT2D eigenvalue weighted by atomic mass is 9.80. The fourth-order valence-corrected chi connectivity index (χ4v) is 5.57. The minimum Gasteiger partial charge on any atom is -0.361 e. The van der Waals surface area contributed by atoms with Gasteiger partial charge in [-0.15, -0.1) is 0 Å². The van der Waals surface area contributed by atoms with E-state index in [1.54, 1.807) is 0 Å². The Labute approximate surface area is 204 Å². The van der Waals surface area contributed by atoms with Crippen molar-refractivity contribution in [3.8, 4) is 0 Å². The zero-order chi connectivity index (χ0) is 24.1. The Kier molecular flexibility index (Phi) is 7.74. The number of H-pyrrole nitrogens is 1. The van der Waals surface area contributed by atoms with Crippen LogP contribution in [-0.2, 0) is 10.3 Å². The molecular formula is C29H40N4O. The number of amides is 1. The molecule has 1 unspecified atom stereocenters. The van der Waals surface area contributed by atoms with Gasteiger partial charge in [-0.05, 0) is 63.0 Å². The lowest BCUT2D eigenvalue weighted by Gasteiger charge is -2.46. The van der Waals surface area contributed by atoms with Crippen LogP contribution >= 0.6 is 0 Å². The normalized spacial score (nSPS) is 17.2. The summed E-state index contributed by atoms with van der Waals surface area (Å²) in [6, 6.07) is 19.3. The smallest absolute Gasteiger partial charge is 0.222 e. The van der Waals surface area contributed by atoms with Gasteiger partial charge < -0.3 is 14.8 Å². The Balaban J connectivity index is 1.23. The van der Waals surface area contributed by atoms with E-state index in [1.165, 1.54) is 16.5 Å². The van der Waals surface area contributed by atoms with Crippen LogP contribution in [0.3, 0.4) is 0 Å². The number of hydrogen-bond acceptors (Lipinski definition) is 3. The molecule has 34 heavy (non-hydrogen) atoms. The lowest BCUT2D eigenvalue weighted by Crippen LogP contribution is -2.50. The third-order valence-corrected chi connectivity index (χ3v) is 7.88. The largest absolute Gasteiger partial charge is 0.361 e. The summed E-state index contributed by atoms with van der Waals surface area (Å²) < 4.78 is 0. The number of aromatic nitrogens is 1. The van der Waals surface area contributed by atoms with Gasteiger partial charge in [0.05, 0.1) is 0 Å². The van der Waals surface area contributed by atoms with E-state index in [1.807, 2.05) is 18.0 Å². The molecule has 2 aromatic carbocycles. The fourth-order valence-electron chi connectivity index (χ4n) is 5.57. The average molecular weight is 461 g/mol. The van der Waals surface area contributed by atoms with E-state index in [9.17, 15) is 4.79 Å². The summed E-state index contributed by atoms with van der Waals surface area (Å²) in [6.45, 7) is 6.21. The molecule has 3 aromatic rings. The summed E-state index contributed by atoms with van der Waals surface area (Å²) in [5, 5.41) is 1.22. The van der Waals surface area contributed by atoms with E-state index < -0.39 is 0 Å². The van der Waals surface area contributed by atoms with Crippen LogP contribution in [0, 0.1) is 0 Å². The van der Waals surface area contributed by atoms with Gasteiger partial charge >= 0.3 is 0 Å². The first-order chi connectivity index (χ1) is 16.4. The monoisotopic (exact) mass is 460 g/mol. The number of likely N-dealkylation sites (tertiary alicyclic amines) is 1. The number of benzene rings is 2. The van der Waals surface area contributed by atoms with Crippen molar-refractivity contribution in [3.05, 3.63) is 71.9 Å². The Morgan fingerprint density at radius 2 is 1.71 bits per heavy atom. The number of nitrogens with one attached hydrogen (secondary N) is 1. The summed E-state index contributed by atoms with van der Waals surface area (Å²) >= 11 is 0. The highest BCUT2D eigenvalue weighted by atomic mass is 16.2. The number of carbonyl (C=O) groups excluding carboxylic acids is 1. The summed E-state index contributed by atoms with van der Waals surface area (Å²) in [4.78, 5) is 23.1. The number of fused-ring (bicyclic) bond motifs is 1. The molecule has 0 radical (unpaired) electrons. The molecular weight excluding hydrogens is 420 g/mol. The van der Waals surface area contributed by atoms with Gasteiger partial charge in [-0.25, -0.2) is 0 Å². The highest BCUT2D eigenvalue weighted by molar-refractivity contribution is 5.85. The minimum absolute atomic E-state index is 0.128. The first-order valence-electron chi connectivity index (χ1n) is 12.7. The van der Waals surface area contributed by atoms with E-state index in [2.05, 4.69) is 90.5 Å². The van der Waals surface area contributed by atoms with Gasteiger partial charge in [0, 0.05) is 55.7 Å². The molecule has 1 N–H and O–H groups in total. The van der Waals surface area contributed by atoms with Gasteiger partial charge in [0.15, 0.2) is 0 Å². The van der Waals surface area contributed by atoms with Crippen molar-refractivity contribution in [2.24, 2.45) is 0 Å². The number of para-hydroxylation sites is 1. The maximum Gasteiger partial charge on any atom is 0.222 e. The maximum atomic E-state index is 12.9. The molecule has 0 bridgehead atoms. The van der Waals surface area contributed by atoms with E-state index in [0.717, 1.165) is 51.0 Å². The zero-order valence-corrected chi connectivity index (χ0v) is 21.3. The molecule has 1 aromatic heterocycles.